The molecule has 1 saturated heterocycles. The largest absolute Gasteiger partial charge is 0.378 e. The van der Waals surface area contributed by atoms with Crippen LogP contribution < -0.4 is 4.90 Å². The number of morpholine rings is 1. The van der Waals surface area contributed by atoms with Gasteiger partial charge < -0.3 is 9.64 Å². The van der Waals surface area contributed by atoms with E-state index in [0.29, 0.717) is 25.2 Å². The molecule has 0 N–H and O–H groups in total. The number of carbonyl (C=O) groups is 1. The minimum atomic E-state index is 0.0788. The smallest absolute Gasteiger partial charge is 0.203 e. The molecule has 3 aromatic carbocycles. The van der Waals surface area contributed by atoms with Crippen molar-refractivity contribution >= 4 is 38.1 Å². The first-order valence-electron chi connectivity index (χ1n) is 11.1. The van der Waals surface area contributed by atoms with Crippen LogP contribution in [-0.4, -0.2) is 32.1 Å². The minimum absolute atomic E-state index is 0.0788. The third kappa shape index (κ3) is 4.81. The van der Waals surface area contributed by atoms with Crippen molar-refractivity contribution in [1.82, 2.24) is 0 Å². The van der Waals surface area contributed by atoms with E-state index in [9.17, 15) is 4.79 Å². The molecular weight excluding hydrogens is 494 g/mol. The summed E-state index contributed by atoms with van der Waals surface area (Å²) in [5, 5.41) is 1.16. The fraction of sp³-hybridized carbons (Fsp3) is 0.179. The molecule has 4 aromatic rings. The van der Waals surface area contributed by atoms with E-state index in [1.54, 1.807) is 11.3 Å². The van der Waals surface area contributed by atoms with Crippen molar-refractivity contribution in [3.63, 3.8) is 0 Å². The average molecular weight is 518 g/mol. The van der Waals surface area contributed by atoms with Gasteiger partial charge in [0, 0.05) is 28.7 Å². The van der Waals surface area contributed by atoms with E-state index in [0.717, 1.165) is 38.6 Å². The highest BCUT2D eigenvalue weighted by atomic mass is 79.9. The Morgan fingerprint density at radius 2 is 1.52 bits per heavy atom. The third-order valence-corrected chi connectivity index (χ3v) is 7.71. The van der Waals surface area contributed by atoms with Crippen LogP contribution in [0.3, 0.4) is 0 Å². The second kappa shape index (κ2) is 10.0. The standard InChI is InChI=1S/C28H24BrNO2S/c29-23-13-11-22(12-14-23)26(31)27-24(19-20-7-3-1-4-8-20)25(21-9-5-2-6-10-21)28(33-27)30-15-17-32-18-16-30/h1-14H,15-19H2. The maximum atomic E-state index is 13.8. The third-order valence-electron chi connectivity index (χ3n) is 5.89. The summed E-state index contributed by atoms with van der Waals surface area (Å²) >= 11 is 5.10. The van der Waals surface area contributed by atoms with Crippen LogP contribution in [0, 0.1) is 0 Å². The van der Waals surface area contributed by atoms with Crippen LogP contribution in [0.25, 0.3) is 11.1 Å². The van der Waals surface area contributed by atoms with E-state index in [2.05, 4.69) is 69.4 Å². The van der Waals surface area contributed by atoms with Crippen molar-refractivity contribution in [1.29, 1.82) is 0 Å². The zero-order chi connectivity index (χ0) is 22.6. The van der Waals surface area contributed by atoms with E-state index in [1.807, 2.05) is 36.4 Å². The van der Waals surface area contributed by atoms with Crippen LogP contribution in [0.15, 0.2) is 89.4 Å². The number of hydrogen-bond donors (Lipinski definition) is 0. The van der Waals surface area contributed by atoms with Gasteiger partial charge in [-0.05, 0) is 47.4 Å². The molecule has 5 heteroatoms. The highest BCUT2D eigenvalue weighted by Crippen LogP contribution is 2.45. The number of hydrogen-bond acceptors (Lipinski definition) is 4. The summed E-state index contributed by atoms with van der Waals surface area (Å²) in [6.45, 7) is 3.07. The Hall–Kier alpha value is -2.73. The second-order valence-corrected chi connectivity index (χ2v) is 9.97. The summed E-state index contributed by atoms with van der Waals surface area (Å²) < 4.78 is 6.59. The fourth-order valence-corrected chi connectivity index (χ4v) is 5.85. The number of carbonyl (C=O) groups excluding carboxylic acids is 1. The van der Waals surface area contributed by atoms with Gasteiger partial charge in [-0.1, -0.05) is 76.6 Å². The Labute approximate surface area is 206 Å². The monoisotopic (exact) mass is 517 g/mol. The molecule has 0 bridgehead atoms. The lowest BCUT2D eigenvalue weighted by molar-refractivity contribution is 0.104. The van der Waals surface area contributed by atoms with Crippen molar-refractivity contribution in [3.8, 4) is 11.1 Å². The van der Waals surface area contributed by atoms with Crippen molar-refractivity contribution < 1.29 is 9.53 Å². The summed E-state index contributed by atoms with van der Waals surface area (Å²) in [7, 11) is 0. The molecule has 0 unspecified atom stereocenters. The summed E-state index contributed by atoms with van der Waals surface area (Å²) in [5.41, 5.74) is 5.34. The van der Waals surface area contributed by atoms with E-state index < -0.39 is 0 Å². The van der Waals surface area contributed by atoms with E-state index in [4.69, 9.17) is 4.74 Å². The number of ketones is 1. The SMILES string of the molecule is O=C(c1ccc(Br)cc1)c1sc(N2CCOCC2)c(-c2ccccc2)c1Cc1ccccc1. The Morgan fingerprint density at radius 3 is 2.18 bits per heavy atom. The molecule has 0 amide bonds. The highest BCUT2D eigenvalue weighted by Gasteiger charge is 2.28. The van der Waals surface area contributed by atoms with Crippen molar-refractivity contribution in [2.45, 2.75) is 6.42 Å². The van der Waals surface area contributed by atoms with Crippen molar-refractivity contribution in [2.75, 3.05) is 31.2 Å². The van der Waals surface area contributed by atoms with Crippen LogP contribution in [-0.2, 0) is 11.2 Å². The van der Waals surface area contributed by atoms with Crippen LogP contribution in [0.1, 0.15) is 26.4 Å². The quantitative estimate of drug-likeness (QED) is 0.262. The molecule has 1 aromatic heterocycles. The number of thiophene rings is 1. The first-order chi connectivity index (χ1) is 16.2. The predicted octanol–water partition coefficient (Wildman–Crippen LogP) is 6.84. The number of anilines is 1. The minimum Gasteiger partial charge on any atom is -0.378 e. The molecular formula is C28H24BrNO2S. The van der Waals surface area contributed by atoms with E-state index >= 15 is 0 Å². The average Bonchev–Trinajstić information content (AvgIpc) is 3.25. The van der Waals surface area contributed by atoms with E-state index in [-0.39, 0.29) is 5.78 Å². The maximum absolute atomic E-state index is 13.8. The molecule has 166 valence electrons. The Kier molecular flexibility index (Phi) is 6.72. The van der Waals surface area contributed by atoms with Gasteiger partial charge in [-0.3, -0.25) is 4.79 Å². The summed E-state index contributed by atoms with van der Waals surface area (Å²) in [4.78, 5) is 17.0. The molecule has 1 aliphatic rings. The Bertz CT molecular complexity index is 1230. The lowest BCUT2D eigenvalue weighted by atomic mass is 9.94. The number of halogens is 1. The molecule has 1 aliphatic heterocycles. The molecule has 0 radical (unpaired) electrons. The molecule has 1 fully saturated rings. The second-order valence-electron chi connectivity index (χ2n) is 8.05. The molecule has 33 heavy (non-hydrogen) atoms. The molecule has 5 rings (SSSR count). The van der Waals surface area contributed by atoms with Crippen molar-refractivity contribution in [2.24, 2.45) is 0 Å². The van der Waals surface area contributed by atoms with Gasteiger partial charge in [0.25, 0.3) is 0 Å². The van der Waals surface area contributed by atoms with Crippen LogP contribution >= 0.6 is 27.3 Å². The van der Waals surface area contributed by atoms with Gasteiger partial charge in [0.15, 0.2) is 0 Å². The van der Waals surface area contributed by atoms with Gasteiger partial charge in [-0.2, -0.15) is 0 Å². The molecule has 0 saturated carbocycles. The van der Waals surface area contributed by atoms with E-state index in [1.165, 1.54) is 11.1 Å². The van der Waals surface area contributed by atoms with Crippen LogP contribution in [0.2, 0.25) is 0 Å². The first kappa shape index (κ1) is 22.1. The predicted molar refractivity (Wildman–Crippen MR) is 140 cm³/mol. The number of nitrogens with zero attached hydrogens (tertiary/aromatic N) is 1. The Balaban J connectivity index is 1.70. The van der Waals surface area contributed by atoms with Crippen LogP contribution in [0.4, 0.5) is 5.00 Å². The fourth-order valence-electron chi connectivity index (χ4n) is 4.23. The summed E-state index contributed by atoms with van der Waals surface area (Å²) in [6.07, 6.45) is 0.712. The maximum Gasteiger partial charge on any atom is 0.203 e. The number of rotatable bonds is 6. The van der Waals surface area contributed by atoms with Crippen LogP contribution in [0.5, 0.6) is 0 Å². The topological polar surface area (TPSA) is 29.5 Å². The van der Waals surface area contributed by atoms with Gasteiger partial charge in [-0.15, -0.1) is 11.3 Å². The molecule has 0 spiro atoms. The number of benzene rings is 3. The molecule has 3 nitrogen and oxygen atoms in total. The zero-order valence-corrected chi connectivity index (χ0v) is 20.6. The van der Waals surface area contributed by atoms with Gasteiger partial charge in [0.2, 0.25) is 5.78 Å². The van der Waals surface area contributed by atoms with Gasteiger partial charge in [-0.25, -0.2) is 0 Å². The van der Waals surface area contributed by atoms with Gasteiger partial charge in [0.1, 0.15) is 5.00 Å². The van der Waals surface area contributed by atoms with Gasteiger partial charge in [0.05, 0.1) is 18.1 Å². The van der Waals surface area contributed by atoms with Gasteiger partial charge >= 0.3 is 0 Å². The first-order valence-corrected chi connectivity index (χ1v) is 12.7. The highest BCUT2D eigenvalue weighted by molar-refractivity contribution is 9.10. The molecule has 0 atom stereocenters. The zero-order valence-electron chi connectivity index (χ0n) is 18.2. The van der Waals surface area contributed by atoms with Crippen molar-refractivity contribution in [3.05, 3.63) is 111 Å². The lowest BCUT2D eigenvalue weighted by Crippen LogP contribution is -2.36. The Morgan fingerprint density at radius 1 is 0.879 bits per heavy atom. The summed E-state index contributed by atoms with van der Waals surface area (Å²) in [6, 6.07) is 28.5. The molecule has 2 heterocycles. The number of ether oxygens (including phenoxy) is 1. The molecule has 0 aliphatic carbocycles. The lowest BCUT2D eigenvalue weighted by Gasteiger charge is -2.29. The normalized spacial score (nSPS) is 13.8. The summed E-state index contributed by atoms with van der Waals surface area (Å²) in [5.74, 6) is 0.0788.